The molecule has 3 fully saturated rings. The fourth-order valence-corrected chi connectivity index (χ4v) is 4.26. The molecule has 6 nitrogen and oxygen atoms in total. The Labute approximate surface area is 140 Å². The van der Waals surface area contributed by atoms with Crippen LogP contribution in [0.1, 0.15) is 29.8 Å². The van der Waals surface area contributed by atoms with Crippen LogP contribution in [0.25, 0.3) is 5.65 Å². The second-order valence-corrected chi connectivity index (χ2v) is 7.06. The zero-order valence-corrected chi connectivity index (χ0v) is 13.8. The quantitative estimate of drug-likeness (QED) is 0.893. The molecule has 2 aromatic heterocycles. The van der Waals surface area contributed by atoms with Gasteiger partial charge in [0.2, 0.25) is 5.91 Å². The number of H-pyrrole nitrogens is 1. The van der Waals surface area contributed by atoms with Gasteiger partial charge >= 0.3 is 6.18 Å². The van der Waals surface area contributed by atoms with E-state index in [4.69, 9.17) is 0 Å². The van der Waals surface area contributed by atoms with Crippen LogP contribution >= 0.6 is 0 Å². The molecule has 0 atom stereocenters. The molecule has 2 bridgehead atoms. The van der Waals surface area contributed by atoms with E-state index < -0.39 is 17.6 Å². The van der Waals surface area contributed by atoms with Crippen LogP contribution in [-0.4, -0.2) is 43.7 Å². The number of nitrogens with one attached hydrogen (secondary N) is 1. The molecule has 134 valence electrons. The Balaban J connectivity index is 1.68. The third kappa shape index (κ3) is 2.14. The number of hydrogen-bond acceptors (Lipinski definition) is 3. The number of aryl methyl sites for hydroxylation is 2. The highest BCUT2D eigenvalue weighted by Crippen LogP contribution is 2.58. The third-order valence-electron chi connectivity index (χ3n) is 5.57. The predicted octanol–water partition coefficient (Wildman–Crippen LogP) is 1.74. The van der Waals surface area contributed by atoms with E-state index >= 15 is 0 Å². The summed E-state index contributed by atoms with van der Waals surface area (Å²) in [6.07, 6.45) is -4.57. The van der Waals surface area contributed by atoms with Crippen LogP contribution in [0.2, 0.25) is 0 Å². The number of aromatic amines is 1. The maximum absolute atomic E-state index is 13.5. The Morgan fingerprint density at radius 2 is 2.08 bits per heavy atom. The van der Waals surface area contributed by atoms with Crippen LogP contribution in [0.5, 0.6) is 0 Å². The lowest BCUT2D eigenvalue weighted by Gasteiger charge is -2.43. The van der Waals surface area contributed by atoms with Crippen LogP contribution in [0.4, 0.5) is 13.2 Å². The molecular weight excluding hydrogens is 337 g/mol. The molecule has 3 aliphatic rings. The molecule has 0 spiro atoms. The molecule has 1 amide bonds. The Hall–Kier alpha value is -2.32. The summed E-state index contributed by atoms with van der Waals surface area (Å²) >= 11 is 0. The maximum Gasteiger partial charge on any atom is 0.411 e. The van der Waals surface area contributed by atoms with Crippen molar-refractivity contribution in [2.24, 2.45) is 5.92 Å². The summed E-state index contributed by atoms with van der Waals surface area (Å²) < 4.78 is 41.8. The van der Waals surface area contributed by atoms with Gasteiger partial charge in [-0.25, -0.2) is 9.50 Å². The number of hydrogen-bond donors (Lipinski definition) is 1. The number of carbonyl (C=O) groups is 1. The van der Waals surface area contributed by atoms with Gasteiger partial charge in [-0.05, 0) is 32.6 Å². The van der Waals surface area contributed by atoms with E-state index in [9.17, 15) is 22.8 Å². The van der Waals surface area contributed by atoms with E-state index in [1.54, 1.807) is 13.8 Å². The highest BCUT2D eigenvalue weighted by atomic mass is 19.4. The van der Waals surface area contributed by atoms with Crippen LogP contribution in [-0.2, 0) is 11.2 Å². The molecular formula is C16H17F3N4O2. The van der Waals surface area contributed by atoms with Crippen molar-refractivity contribution in [3.05, 3.63) is 33.4 Å². The molecule has 25 heavy (non-hydrogen) atoms. The normalized spacial score (nSPS) is 25.5. The smallest absolute Gasteiger partial charge is 0.327 e. The van der Waals surface area contributed by atoms with E-state index in [0.29, 0.717) is 22.6 Å². The molecule has 0 unspecified atom stereocenters. The zero-order valence-electron chi connectivity index (χ0n) is 13.8. The lowest BCUT2D eigenvalue weighted by atomic mass is 9.72. The number of fused-ring (bicyclic) bond motifs is 2. The van der Waals surface area contributed by atoms with Gasteiger partial charge in [-0.15, -0.1) is 0 Å². The summed E-state index contributed by atoms with van der Waals surface area (Å²) in [5.41, 5.74) is -0.203. The van der Waals surface area contributed by atoms with Crippen molar-refractivity contribution in [3.63, 3.8) is 0 Å². The first-order valence-electron chi connectivity index (χ1n) is 8.07. The molecule has 4 heterocycles. The number of nitrogens with zero attached hydrogens (tertiary/aromatic N) is 3. The number of aromatic nitrogens is 3. The number of carbonyl (C=O) groups excluding carboxylic acids is 1. The average molecular weight is 354 g/mol. The SMILES string of the molecule is Cc1nc2cc(=O)[nH]n2c(C)c1CC(=O)N1CC2CC1(C(F)(F)F)C2. The van der Waals surface area contributed by atoms with Gasteiger partial charge in [0.15, 0.2) is 5.65 Å². The molecule has 0 aromatic carbocycles. The lowest BCUT2D eigenvalue weighted by molar-refractivity contribution is -0.236. The molecule has 0 radical (unpaired) electrons. The first kappa shape index (κ1) is 16.2. The monoisotopic (exact) mass is 354 g/mol. The van der Waals surface area contributed by atoms with E-state index in [-0.39, 0.29) is 37.3 Å². The zero-order chi connectivity index (χ0) is 18.1. The second kappa shape index (κ2) is 4.86. The first-order chi connectivity index (χ1) is 11.6. The minimum atomic E-state index is -4.41. The Kier molecular flexibility index (Phi) is 3.14. The van der Waals surface area contributed by atoms with Gasteiger partial charge in [-0.3, -0.25) is 14.7 Å². The van der Waals surface area contributed by atoms with E-state index in [2.05, 4.69) is 10.1 Å². The summed E-state index contributed by atoms with van der Waals surface area (Å²) in [5.74, 6) is -0.603. The van der Waals surface area contributed by atoms with Crippen molar-refractivity contribution < 1.29 is 18.0 Å². The Morgan fingerprint density at radius 1 is 1.40 bits per heavy atom. The molecule has 2 saturated heterocycles. The fourth-order valence-electron chi connectivity index (χ4n) is 4.26. The predicted molar refractivity (Wildman–Crippen MR) is 82.2 cm³/mol. The van der Waals surface area contributed by atoms with Crippen LogP contribution < -0.4 is 5.56 Å². The van der Waals surface area contributed by atoms with E-state index in [1.807, 2.05) is 0 Å². The minimum Gasteiger partial charge on any atom is -0.327 e. The van der Waals surface area contributed by atoms with Crippen LogP contribution in [0.3, 0.4) is 0 Å². The van der Waals surface area contributed by atoms with Gasteiger partial charge in [0.05, 0.1) is 6.42 Å². The van der Waals surface area contributed by atoms with Crippen molar-refractivity contribution in [2.45, 2.75) is 44.8 Å². The van der Waals surface area contributed by atoms with Crippen molar-refractivity contribution in [2.75, 3.05) is 6.54 Å². The molecule has 2 aromatic rings. The first-order valence-corrected chi connectivity index (χ1v) is 8.07. The molecule has 1 aliphatic carbocycles. The summed E-state index contributed by atoms with van der Waals surface area (Å²) in [6.45, 7) is 3.56. The maximum atomic E-state index is 13.5. The van der Waals surface area contributed by atoms with Gasteiger partial charge in [0.1, 0.15) is 5.54 Å². The van der Waals surface area contributed by atoms with Crippen molar-refractivity contribution in [1.29, 1.82) is 0 Å². The number of alkyl halides is 3. The third-order valence-corrected chi connectivity index (χ3v) is 5.57. The lowest BCUT2D eigenvalue weighted by Crippen LogP contribution is -2.59. The van der Waals surface area contributed by atoms with Gasteiger partial charge < -0.3 is 4.90 Å². The number of halogens is 3. The minimum absolute atomic E-state index is 0.00239. The van der Waals surface area contributed by atoms with Gasteiger partial charge in [0, 0.05) is 29.6 Å². The molecule has 1 saturated carbocycles. The molecule has 5 rings (SSSR count). The van der Waals surface area contributed by atoms with E-state index in [0.717, 1.165) is 4.90 Å². The number of amides is 1. The van der Waals surface area contributed by atoms with Crippen molar-refractivity contribution >= 4 is 11.6 Å². The summed E-state index contributed by atoms with van der Waals surface area (Å²) in [7, 11) is 0. The fraction of sp³-hybridized carbons (Fsp3) is 0.562. The Bertz CT molecular complexity index is 937. The molecule has 1 N–H and O–H groups in total. The summed E-state index contributed by atoms with van der Waals surface area (Å²) in [4.78, 5) is 29.4. The van der Waals surface area contributed by atoms with Gasteiger partial charge in [-0.2, -0.15) is 13.2 Å². The molecule has 2 aliphatic heterocycles. The van der Waals surface area contributed by atoms with Gasteiger partial charge in [-0.1, -0.05) is 0 Å². The Morgan fingerprint density at radius 3 is 2.72 bits per heavy atom. The highest BCUT2D eigenvalue weighted by Gasteiger charge is 2.71. The van der Waals surface area contributed by atoms with Crippen LogP contribution in [0, 0.1) is 19.8 Å². The van der Waals surface area contributed by atoms with Crippen molar-refractivity contribution in [1.82, 2.24) is 19.5 Å². The van der Waals surface area contributed by atoms with E-state index in [1.165, 1.54) is 10.6 Å². The van der Waals surface area contributed by atoms with Crippen LogP contribution in [0.15, 0.2) is 10.9 Å². The standard InChI is InChI=1S/C16H17F3N4O2/c1-8-11(9(2)23-12(20-8)4-13(24)21-23)3-14(25)22-7-10-5-15(22,6-10)16(17,18)19/h4,10H,3,5-7H2,1-2H3,(H,21,24). The highest BCUT2D eigenvalue weighted by molar-refractivity contribution is 5.81. The topological polar surface area (TPSA) is 70.5 Å². The molecule has 9 heteroatoms. The summed E-state index contributed by atoms with van der Waals surface area (Å²) in [6, 6.07) is 1.33. The average Bonchev–Trinajstić information content (AvgIpc) is 3.12. The summed E-state index contributed by atoms with van der Waals surface area (Å²) in [5, 5.41) is 2.58. The number of rotatable bonds is 2. The largest absolute Gasteiger partial charge is 0.411 e. The second-order valence-electron chi connectivity index (χ2n) is 7.06. The van der Waals surface area contributed by atoms with Gasteiger partial charge in [0.25, 0.3) is 5.56 Å². The van der Waals surface area contributed by atoms with Crippen molar-refractivity contribution in [3.8, 4) is 0 Å².